The van der Waals surface area contributed by atoms with Crippen molar-refractivity contribution in [3.8, 4) is 0 Å². The van der Waals surface area contributed by atoms with Gasteiger partial charge in [-0.2, -0.15) is 0 Å². The summed E-state index contributed by atoms with van der Waals surface area (Å²) in [6.07, 6.45) is 7.21. The number of nitrogens with zero attached hydrogens (tertiary/aromatic N) is 2. The van der Waals surface area contributed by atoms with Crippen LogP contribution in [-0.4, -0.2) is 53.1 Å². The average molecular weight is 345 g/mol. The van der Waals surface area contributed by atoms with Crippen LogP contribution in [0.15, 0.2) is 18.3 Å². The summed E-state index contributed by atoms with van der Waals surface area (Å²) in [4.78, 5) is 26.4. The Kier molecular flexibility index (Phi) is 4.31. The van der Waals surface area contributed by atoms with Gasteiger partial charge in [0.15, 0.2) is 0 Å². The molecule has 25 heavy (non-hydrogen) atoms. The van der Waals surface area contributed by atoms with Crippen LogP contribution in [0.25, 0.3) is 0 Å². The molecule has 1 atom stereocenters. The number of amides is 2. The number of aromatic nitrogens is 1. The number of ether oxygens (including phenoxy) is 1. The molecule has 0 radical (unpaired) electrons. The van der Waals surface area contributed by atoms with Crippen LogP contribution in [0.4, 0.5) is 0 Å². The minimum Gasteiger partial charge on any atom is -0.371 e. The molecule has 6 heteroatoms. The van der Waals surface area contributed by atoms with Gasteiger partial charge in [0, 0.05) is 25.7 Å². The summed E-state index contributed by atoms with van der Waals surface area (Å²) in [6, 6.07) is 3.69. The molecule has 136 valence electrons. The molecule has 1 aliphatic carbocycles. The predicted octanol–water partition coefficient (Wildman–Crippen LogP) is 1.56. The highest BCUT2D eigenvalue weighted by Crippen LogP contribution is 2.38. The summed E-state index contributed by atoms with van der Waals surface area (Å²) in [7, 11) is 1.87. The van der Waals surface area contributed by atoms with Crippen LogP contribution in [-0.2, 0) is 16.6 Å². The van der Waals surface area contributed by atoms with Crippen molar-refractivity contribution >= 4 is 11.8 Å². The maximum atomic E-state index is 12.2. The van der Waals surface area contributed by atoms with Crippen molar-refractivity contribution in [1.29, 1.82) is 0 Å². The molecule has 1 N–H and O–H groups in total. The van der Waals surface area contributed by atoms with Crippen LogP contribution >= 0.6 is 0 Å². The zero-order chi connectivity index (χ0) is 17.4. The van der Waals surface area contributed by atoms with E-state index in [4.69, 9.17) is 4.74 Å². The van der Waals surface area contributed by atoms with E-state index in [2.05, 4.69) is 5.32 Å². The molecular formula is C19H27N3O3. The van der Waals surface area contributed by atoms with Gasteiger partial charge in [0.05, 0.1) is 19.7 Å². The molecule has 2 amide bonds. The van der Waals surface area contributed by atoms with Gasteiger partial charge in [0.25, 0.3) is 5.91 Å². The molecule has 1 spiro atoms. The lowest BCUT2D eigenvalue weighted by molar-refractivity contribution is -0.192. The van der Waals surface area contributed by atoms with Crippen molar-refractivity contribution in [3.05, 3.63) is 24.0 Å². The van der Waals surface area contributed by atoms with E-state index in [0.717, 1.165) is 38.8 Å². The minimum atomic E-state index is -0.113. The van der Waals surface area contributed by atoms with E-state index < -0.39 is 0 Å². The molecule has 1 aromatic heterocycles. The van der Waals surface area contributed by atoms with Gasteiger partial charge in [0.1, 0.15) is 11.3 Å². The second-order valence-corrected chi connectivity index (χ2v) is 7.94. The summed E-state index contributed by atoms with van der Waals surface area (Å²) in [5.74, 6) is 0.929. The molecule has 1 unspecified atom stereocenters. The molecule has 0 bridgehead atoms. The largest absolute Gasteiger partial charge is 0.371 e. The second-order valence-electron chi connectivity index (χ2n) is 7.94. The lowest BCUT2D eigenvalue weighted by atomic mass is 9.79. The standard InChI is InChI=1S/C19H27N3O3/c1-21-9-3-6-16(21)17(23)20-10-14-7-8-19(25-11-14)12-22(13-19)18(24)15-4-2-5-15/h3,6,9,14-15H,2,4-5,7-8,10-13H2,1H3,(H,20,23). The van der Waals surface area contributed by atoms with Gasteiger partial charge < -0.3 is 19.5 Å². The maximum absolute atomic E-state index is 12.2. The summed E-state index contributed by atoms with van der Waals surface area (Å²) >= 11 is 0. The summed E-state index contributed by atoms with van der Waals surface area (Å²) in [5.41, 5.74) is 0.565. The Hall–Kier alpha value is -1.82. The van der Waals surface area contributed by atoms with E-state index in [0.29, 0.717) is 30.7 Å². The third-order valence-corrected chi connectivity index (χ3v) is 6.09. The Balaban J connectivity index is 1.20. The van der Waals surface area contributed by atoms with E-state index >= 15 is 0 Å². The Bertz CT molecular complexity index is 649. The fraction of sp³-hybridized carbons (Fsp3) is 0.684. The molecule has 1 aromatic rings. The lowest BCUT2D eigenvalue weighted by Crippen LogP contribution is -2.67. The van der Waals surface area contributed by atoms with Gasteiger partial charge in [-0.3, -0.25) is 9.59 Å². The topological polar surface area (TPSA) is 63.6 Å². The highest BCUT2D eigenvalue weighted by molar-refractivity contribution is 5.92. The predicted molar refractivity (Wildman–Crippen MR) is 93.1 cm³/mol. The zero-order valence-corrected chi connectivity index (χ0v) is 14.9. The van der Waals surface area contributed by atoms with Gasteiger partial charge >= 0.3 is 0 Å². The molecule has 3 fully saturated rings. The van der Waals surface area contributed by atoms with Gasteiger partial charge in [0.2, 0.25) is 5.91 Å². The number of hydrogen-bond acceptors (Lipinski definition) is 3. The third-order valence-electron chi connectivity index (χ3n) is 6.09. The van der Waals surface area contributed by atoms with Crippen LogP contribution in [0.1, 0.15) is 42.6 Å². The number of aryl methyl sites for hydroxylation is 1. The summed E-state index contributed by atoms with van der Waals surface area (Å²) in [5, 5.41) is 3.01. The Morgan fingerprint density at radius 1 is 1.32 bits per heavy atom. The number of carbonyl (C=O) groups excluding carboxylic acids is 2. The first-order valence-electron chi connectivity index (χ1n) is 9.39. The summed E-state index contributed by atoms with van der Waals surface area (Å²) < 4.78 is 7.95. The van der Waals surface area contributed by atoms with Crippen molar-refractivity contribution < 1.29 is 14.3 Å². The van der Waals surface area contributed by atoms with E-state index in [1.54, 1.807) is 0 Å². The SMILES string of the molecule is Cn1cccc1C(=O)NCC1CCC2(CN(C(=O)C3CCC3)C2)OC1. The number of hydrogen-bond donors (Lipinski definition) is 1. The van der Waals surface area contributed by atoms with E-state index in [-0.39, 0.29) is 17.4 Å². The molecular weight excluding hydrogens is 318 g/mol. The lowest BCUT2D eigenvalue weighted by Gasteiger charge is -2.54. The normalized spacial score (nSPS) is 25.3. The monoisotopic (exact) mass is 345 g/mol. The van der Waals surface area contributed by atoms with Crippen LogP contribution in [0.5, 0.6) is 0 Å². The molecule has 6 nitrogen and oxygen atoms in total. The van der Waals surface area contributed by atoms with Gasteiger partial charge in [-0.25, -0.2) is 0 Å². The number of likely N-dealkylation sites (tertiary alicyclic amines) is 1. The fourth-order valence-electron chi connectivity index (χ4n) is 4.07. The molecule has 2 aliphatic heterocycles. The third kappa shape index (κ3) is 3.19. The average Bonchev–Trinajstić information content (AvgIpc) is 2.95. The Labute approximate surface area is 148 Å². The molecule has 1 saturated carbocycles. The van der Waals surface area contributed by atoms with Crippen LogP contribution < -0.4 is 5.32 Å². The Morgan fingerprint density at radius 2 is 2.12 bits per heavy atom. The van der Waals surface area contributed by atoms with Crippen molar-refractivity contribution in [1.82, 2.24) is 14.8 Å². The first-order valence-corrected chi connectivity index (χ1v) is 9.39. The van der Waals surface area contributed by atoms with Crippen molar-refractivity contribution in [2.45, 2.75) is 37.7 Å². The minimum absolute atomic E-state index is 0.0336. The number of carbonyl (C=O) groups is 2. The number of nitrogens with one attached hydrogen (secondary N) is 1. The highest BCUT2D eigenvalue weighted by Gasteiger charge is 2.49. The van der Waals surface area contributed by atoms with Gasteiger partial charge in [-0.15, -0.1) is 0 Å². The number of rotatable bonds is 4. The van der Waals surface area contributed by atoms with Crippen LogP contribution in [0.2, 0.25) is 0 Å². The van der Waals surface area contributed by atoms with E-state index in [1.807, 2.05) is 34.8 Å². The molecule has 2 saturated heterocycles. The smallest absolute Gasteiger partial charge is 0.267 e. The molecule has 0 aromatic carbocycles. The van der Waals surface area contributed by atoms with Gasteiger partial charge in [-0.05, 0) is 43.7 Å². The van der Waals surface area contributed by atoms with Crippen LogP contribution in [0.3, 0.4) is 0 Å². The van der Waals surface area contributed by atoms with Crippen molar-refractivity contribution in [2.24, 2.45) is 18.9 Å². The summed E-state index contributed by atoms with van der Waals surface area (Å²) in [6.45, 7) is 2.82. The van der Waals surface area contributed by atoms with Crippen LogP contribution in [0, 0.1) is 11.8 Å². The van der Waals surface area contributed by atoms with Crippen molar-refractivity contribution in [2.75, 3.05) is 26.2 Å². The molecule has 4 rings (SSSR count). The van der Waals surface area contributed by atoms with E-state index in [1.165, 1.54) is 6.42 Å². The molecule has 3 aliphatic rings. The van der Waals surface area contributed by atoms with Gasteiger partial charge in [-0.1, -0.05) is 6.42 Å². The van der Waals surface area contributed by atoms with Crippen molar-refractivity contribution in [3.63, 3.8) is 0 Å². The second kappa shape index (κ2) is 6.48. The first kappa shape index (κ1) is 16.6. The zero-order valence-electron chi connectivity index (χ0n) is 14.9. The maximum Gasteiger partial charge on any atom is 0.267 e. The quantitative estimate of drug-likeness (QED) is 0.901. The first-order chi connectivity index (χ1) is 12.1. The highest BCUT2D eigenvalue weighted by atomic mass is 16.5. The molecule has 3 heterocycles. The van der Waals surface area contributed by atoms with E-state index in [9.17, 15) is 9.59 Å². The Morgan fingerprint density at radius 3 is 2.68 bits per heavy atom. The fourth-order valence-corrected chi connectivity index (χ4v) is 4.07.